The van der Waals surface area contributed by atoms with Gasteiger partial charge < -0.3 is 14.7 Å². The molecular weight excluding hydrogens is 288 g/mol. The quantitative estimate of drug-likeness (QED) is 0.507. The van der Waals surface area contributed by atoms with Gasteiger partial charge in [-0.05, 0) is 12.0 Å². The number of rotatable bonds is 4. The van der Waals surface area contributed by atoms with Crippen molar-refractivity contribution in [3.05, 3.63) is 23.1 Å². The van der Waals surface area contributed by atoms with Crippen molar-refractivity contribution < 1.29 is 9.84 Å². The molecule has 0 aromatic carbocycles. The molecule has 0 spiro atoms. The molecule has 116 valence electrons. The molecule has 0 saturated carbocycles. The fourth-order valence-electron chi connectivity index (χ4n) is 2.62. The van der Waals surface area contributed by atoms with E-state index in [0.717, 1.165) is 0 Å². The van der Waals surface area contributed by atoms with E-state index in [9.17, 15) is 5.11 Å². The number of aliphatic hydroxyl groups excluding tert-OH is 1. The van der Waals surface area contributed by atoms with Gasteiger partial charge in [0.1, 0.15) is 12.6 Å². The van der Waals surface area contributed by atoms with E-state index in [1.165, 1.54) is 6.33 Å². The molecular formula is C12H16N8O2. The zero-order chi connectivity index (χ0) is 15.7. The van der Waals surface area contributed by atoms with Crippen molar-refractivity contribution >= 4 is 17.0 Å². The second kappa shape index (κ2) is 5.76. The zero-order valence-corrected chi connectivity index (χ0v) is 12.2. The summed E-state index contributed by atoms with van der Waals surface area (Å²) in [6.07, 6.45) is 2.60. The van der Waals surface area contributed by atoms with Crippen molar-refractivity contribution in [2.75, 3.05) is 25.6 Å². The summed E-state index contributed by atoms with van der Waals surface area (Å²) in [5.41, 5.74) is 9.95. The second-order valence-electron chi connectivity index (χ2n) is 5.25. The van der Waals surface area contributed by atoms with E-state index in [0.29, 0.717) is 23.4 Å². The SMILES string of the molecule is CN(C)c1ncnc2c1ncn2C1OC(CO)CC1N=[N+]=[N-]. The van der Waals surface area contributed by atoms with Crippen molar-refractivity contribution in [2.45, 2.75) is 24.8 Å². The smallest absolute Gasteiger partial charge is 0.167 e. The van der Waals surface area contributed by atoms with Gasteiger partial charge in [-0.2, -0.15) is 0 Å². The highest BCUT2D eigenvalue weighted by Gasteiger charge is 2.36. The number of hydrogen-bond acceptors (Lipinski definition) is 7. The van der Waals surface area contributed by atoms with E-state index in [2.05, 4.69) is 25.0 Å². The van der Waals surface area contributed by atoms with Crippen LogP contribution in [0.3, 0.4) is 0 Å². The maximum Gasteiger partial charge on any atom is 0.167 e. The monoisotopic (exact) mass is 304 g/mol. The molecule has 10 nitrogen and oxygen atoms in total. The fraction of sp³-hybridized carbons (Fsp3) is 0.583. The number of anilines is 1. The number of imidazole rings is 1. The average Bonchev–Trinajstić information content (AvgIpc) is 3.10. The van der Waals surface area contributed by atoms with Crippen LogP contribution in [-0.4, -0.2) is 57.5 Å². The number of hydrogen-bond donors (Lipinski definition) is 1. The van der Waals surface area contributed by atoms with E-state index < -0.39 is 12.3 Å². The van der Waals surface area contributed by atoms with E-state index in [4.69, 9.17) is 10.3 Å². The van der Waals surface area contributed by atoms with Crippen LogP contribution in [0.5, 0.6) is 0 Å². The third-order valence-corrected chi connectivity index (χ3v) is 3.61. The molecule has 1 aliphatic rings. The highest BCUT2D eigenvalue weighted by molar-refractivity contribution is 5.83. The summed E-state index contributed by atoms with van der Waals surface area (Å²) in [6.45, 7) is -0.126. The summed E-state index contributed by atoms with van der Waals surface area (Å²) in [5.74, 6) is 0.695. The molecule has 2 aromatic heterocycles. The molecule has 0 radical (unpaired) electrons. The second-order valence-corrected chi connectivity index (χ2v) is 5.25. The maximum absolute atomic E-state index is 9.28. The third-order valence-electron chi connectivity index (χ3n) is 3.61. The van der Waals surface area contributed by atoms with Gasteiger partial charge in [-0.15, -0.1) is 0 Å². The molecule has 1 fully saturated rings. The molecule has 3 atom stereocenters. The minimum Gasteiger partial charge on any atom is -0.394 e. The number of ether oxygens (including phenoxy) is 1. The van der Waals surface area contributed by atoms with Gasteiger partial charge in [0.2, 0.25) is 0 Å². The summed E-state index contributed by atoms with van der Waals surface area (Å²) in [7, 11) is 3.74. The van der Waals surface area contributed by atoms with Crippen LogP contribution in [0, 0.1) is 0 Å². The lowest BCUT2D eigenvalue weighted by Gasteiger charge is -2.17. The Bertz CT molecular complexity index is 723. The van der Waals surface area contributed by atoms with E-state index in [1.54, 1.807) is 10.9 Å². The Hall–Kier alpha value is -2.42. The number of azide groups is 1. The van der Waals surface area contributed by atoms with Gasteiger partial charge in [0.25, 0.3) is 0 Å². The molecule has 3 rings (SSSR count). The lowest BCUT2D eigenvalue weighted by molar-refractivity contribution is -0.0238. The van der Waals surface area contributed by atoms with Gasteiger partial charge in [-0.25, -0.2) is 15.0 Å². The third kappa shape index (κ3) is 2.33. The Kier molecular flexibility index (Phi) is 3.80. The van der Waals surface area contributed by atoms with E-state index in [1.807, 2.05) is 19.0 Å². The number of fused-ring (bicyclic) bond motifs is 1. The molecule has 22 heavy (non-hydrogen) atoms. The first-order valence-corrected chi connectivity index (χ1v) is 6.81. The lowest BCUT2D eigenvalue weighted by atomic mass is 10.2. The van der Waals surface area contributed by atoms with Crippen LogP contribution < -0.4 is 4.90 Å². The van der Waals surface area contributed by atoms with Crippen molar-refractivity contribution in [1.29, 1.82) is 0 Å². The predicted molar refractivity (Wildman–Crippen MR) is 78.2 cm³/mol. The summed E-state index contributed by atoms with van der Waals surface area (Å²) in [6, 6.07) is -0.419. The van der Waals surface area contributed by atoms with Crippen LogP contribution in [0.25, 0.3) is 21.6 Å². The highest BCUT2D eigenvalue weighted by atomic mass is 16.5. The topological polar surface area (TPSA) is 125 Å². The lowest BCUT2D eigenvalue weighted by Crippen LogP contribution is -2.18. The Balaban J connectivity index is 2.06. The van der Waals surface area contributed by atoms with E-state index in [-0.39, 0.29) is 12.7 Å². The first kappa shape index (κ1) is 14.5. The minimum atomic E-state index is -0.539. The number of nitrogens with zero attached hydrogens (tertiary/aromatic N) is 8. The Morgan fingerprint density at radius 3 is 3.00 bits per heavy atom. The Labute approximate surface area is 126 Å². The van der Waals surface area contributed by atoms with Crippen LogP contribution in [0.2, 0.25) is 0 Å². The number of aliphatic hydroxyl groups is 1. The molecule has 3 heterocycles. The summed E-state index contributed by atoms with van der Waals surface area (Å²) < 4.78 is 7.48. The minimum absolute atomic E-state index is 0.126. The van der Waals surface area contributed by atoms with Crippen molar-refractivity contribution in [3.63, 3.8) is 0 Å². The van der Waals surface area contributed by atoms with Gasteiger partial charge in [0.05, 0.1) is 25.1 Å². The fourth-order valence-corrected chi connectivity index (χ4v) is 2.62. The van der Waals surface area contributed by atoms with Gasteiger partial charge in [0.15, 0.2) is 17.0 Å². The van der Waals surface area contributed by atoms with Crippen LogP contribution in [0.15, 0.2) is 17.8 Å². The van der Waals surface area contributed by atoms with Crippen molar-refractivity contribution in [1.82, 2.24) is 19.5 Å². The average molecular weight is 304 g/mol. The summed E-state index contributed by atoms with van der Waals surface area (Å²) in [5, 5.41) is 13.0. The summed E-state index contributed by atoms with van der Waals surface area (Å²) >= 11 is 0. The largest absolute Gasteiger partial charge is 0.394 e. The van der Waals surface area contributed by atoms with Crippen LogP contribution >= 0.6 is 0 Å². The molecule has 1 aliphatic heterocycles. The van der Waals surface area contributed by atoms with Crippen LogP contribution in [-0.2, 0) is 4.74 Å². The van der Waals surface area contributed by atoms with Gasteiger partial charge in [-0.1, -0.05) is 5.11 Å². The molecule has 10 heteroatoms. The van der Waals surface area contributed by atoms with Crippen molar-refractivity contribution in [2.24, 2.45) is 5.11 Å². The van der Waals surface area contributed by atoms with Gasteiger partial charge >= 0.3 is 0 Å². The Morgan fingerprint density at radius 2 is 2.32 bits per heavy atom. The molecule has 0 amide bonds. The standard InChI is InChI=1S/C12H16N8O2/c1-19(2)10-9-11(15-5-14-10)20(6-16-9)12-8(17-18-13)3-7(4-21)22-12/h5-8,12,21H,3-4H2,1-2H3. The summed E-state index contributed by atoms with van der Waals surface area (Å²) in [4.78, 5) is 17.5. The molecule has 0 aliphatic carbocycles. The first-order valence-electron chi connectivity index (χ1n) is 6.81. The van der Waals surface area contributed by atoms with Crippen molar-refractivity contribution in [3.8, 4) is 0 Å². The molecule has 2 aromatic rings. The molecule has 3 unspecified atom stereocenters. The molecule has 1 N–H and O–H groups in total. The van der Waals surface area contributed by atoms with Crippen LogP contribution in [0.4, 0.5) is 5.82 Å². The molecule has 0 bridgehead atoms. The van der Waals surface area contributed by atoms with E-state index >= 15 is 0 Å². The Morgan fingerprint density at radius 1 is 1.50 bits per heavy atom. The molecule has 1 saturated heterocycles. The first-order chi connectivity index (χ1) is 10.7. The predicted octanol–water partition coefficient (Wildman–Crippen LogP) is 0.851. The number of aromatic nitrogens is 4. The van der Waals surface area contributed by atoms with Gasteiger partial charge in [0, 0.05) is 19.0 Å². The highest BCUT2D eigenvalue weighted by Crippen LogP contribution is 2.34. The zero-order valence-electron chi connectivity index (χ0n) is 12.2. The van der Waals surface area contributed by atoms with Crippen LogP contribution in [0.1, 0.15) is 12.6 Å². The maximum atomic E-state index is 9.28. The normalized spacial score (nSPS) is 24.4. The van der Waals surface area contributed by atoms with Gasteiger partial charge in [-0.3, -0.25) is 4.57 Å².